The fourth-order valence-corrected chi connectivity index (χ4v) is 5.92. The lowest BCUT2D eigenvalue weighted by molar-refractivity contribution is -0.0426. The molecule has 2 amide bonds. The van der Waals surface area contributed by atoms with Crippen molar-refractivity contribution in [3.63, 3.8) is 0 Å². The molecule has 1 saturated carbocycles. The molecule has 1 heterocycles. The summed E-state index contributed by atoms with van der Waals surface area (Å²) in [7, 11) is 0. The number of amides is 2. The number of Topliss-reactive ketones (excluding diaryl/α,β-unsaturated/α-hetero) is 1. The molecule has 2 aromatic carbocycles. The number of aliphatic hydroxyl groups is 1. The Morgan fingerprint density at radius 1 is 1.08 bits per heavy atom. The van der Waals surface area contributed by atoms with Gasteiger partial charge in [0, 0.05) is 17.8 Å². The lowest BCUT2D eigenvalue weighted by Crippen LogP contribution is -2.57. The predicted molar refractivity (Wildman–Crippen MR) is 140 cm³/mol. The lowest BCUT2D eigenvalue weighted by Gasteiger charge is -2.43. The molecule has 1 aliphatic heterocycles. The zero-order valence-electron chi connectivity index (χ0n) is 21.2. The molecule has 0 bridgehead atoms. The Kier molecular flexibility index (Phi) is 8.42. The van der Waals surface area contributed by atoms with Gasteiger partial charge in [-0.2, -0.15) is 0 Å². The normalized spacial score (nSPS) is 19.2. The molecule has 4 rings (SSSR count). The van der Waals surface area contributed by atoms with E-state index in [1.807, 2.05) is 12.1 Å². The highest BCUT2D eigenvalue weighted by molar-refractivity contribution is 5.97. The Bertz CT molecular complexity index is 1050. The van der Waals surface area contributed by atoms with Crippen molar-refractivity contribution >= 4 is 17.5 Å². The van der Waals surface area contributed by atoms with E-state index in [1.54, 1.807) is 24.3 Å². The van der Waals surface area contributed by atoms with Crippen LogP contribution in [0.4, 0.5) is 14.9 Å². The van der Waals surface area contributed by atoms with Crippen molar-refractivity contribution in [2.45, 2.75) is 57.5 Å². The number of carbonyl (C=O) groups excluding carboxylic acids is 2. The maximum atomic E-state index is 13.2. The van der Waals surface area contributed by atoms with Crippen molar-refractivity contribution in [3.05, 3.63) is 65.5 Å². The number of primary amides is 1. The monoisotopic (exact) mass is 495 g/mol. The van der Waals surface area contributed by atoms with Gasteiger partial charge < -0.3 is 15.7 Å². The predicted octanol–water partition coefficient (Wildman–Crippen LogP) is 4.79. The summed E-state index contributed by atoms with van der Waals surface area (Å²) >= 11 is 0. The first-order chi connectivity index (χ1) is 17.2. The van der Waals surface area contributed by atoms with E-state index in [4.69, 9.17) is 5.73 Å². The topological polar surface area (TPSA) is 86.9 Å². The van der Waals surface area contributed by atoms with Crippen LogP contribution in [0, 0.1) is 17.7 Å². The summed E-state index contributed by atoms with van der Waals surface area (Å²) in [5.74, 6) is 0.323. The van der Waals surface area contributed by atoms with Crippen molar-refractivity contribution in [2.24, 2.45) is 17.6 Å². The first-order valence-corrected chi connectivity index (χ1v) is 13.1. The molecule has 2 fully saturated rings. The average Bonchev–Trinajstić information content (AvgIpc) is 3.41. The summed E-state index contributed by atoms with van der Waals surface area (Å²) in [5, 5.41) is 12.1. The summed E-state index contributed by atoms with van der Waals surface area (Å²) in [4.78, 5) is 28.1. The van der Waals surface area contributed by atoms with Gasteiger partial charge in [0.1, 0.15) is 5.82 Å². The molecular weight excluding hydrogens is 457 g/mol. The Hall–Kier alpha value is -2.77. The molecular formula is C29H38FN3O3. The lowest BCUT2D eigenvalue weighted by atomic mass is 9.83. The number of hydrogen-bond acceptors (Lipinski definition) is 4. The Morgan fingerprint density at radius 2 is 1.75 bits per heavy atom. The maximum absolute atomic E-state index is 13.2. The summed E-state index contributed by atoms with van der Waals surface area (Å²) in [6.45, 7) is 3.82. The number of hydrogen-bond donors (Lipinski definition) is 2. The molecule has 1 atom stereocenters. The molecule has 2 aliphatic rings. The summed E-state index contributed by atoms with van der Waals surface area (Å²) in [5.41, 5.74) is 6.89. The number of piperidine rings is 1. The molecule has 1 saturated heterocycles. The number of carbonyl (C=O) groups is 2. The van der Waals surface area contributed by atoms with E-state index in [0.29, 0.717) is 23.7 Å². The van der Waals surface area contributed by atoms with E-state index in [0.717, 1.165) is 63.6 Å². The summed E-state index contributed by atoms with van der Waals surface area (Å²) in [6, 6.07) is 13.0. The first kappa shape index (κ1) is 26.3. The van der Waals surface area contributed by atoms with Crippen LogP contribution in [0.2, 0.25) is 0 Å². The number of nitrogens with two attached hydrogens (primary N) is 1. The molecule has 0 radical (unpaired) electrons. The largest absolute Gasteiger partial charge is 0.386 e. The van der Waals surface area contributed by atoms with Crippen molar-refractivity contribution in [3.8, 4) is 0 Å². The zero-order chi connectivity index (χ0) is 25.7. The van der Waals surface area contributed by atoms with E-state index in [2.05, 4.69) is 4.90 Å². The molecule has 2 aromatic rings. The maximum Gasteiger partial charge on any atom is 0.319 e. The number of ketones is 1. The van der Waals surface area contributed by atoms with Crippen molar-refractivity contribution in [2.75, 3.05) is 31.1 Å². The number of anilines is 1. The van der Waals surface area contributed by atoms with Gasteiger partial charge in [0.15, 0.2) is 5.78 Å². The van der Waals surface area contributed by atoms with Gasteiger partial charge in [-0.15, -0.1) is 0 Å². The second kappa shape index (κ2) is 11.5. The van der Waals surface area contributed by atoms with Crippen LogP contribution in [-0.4, -0.2) is 53.6 Å². The number of halogens is 1. The van der Waals surface area contributed by atoms with Gasteiger partial charge in [-0.05, 0) is 93.8 Å². The molecule has 36 heavy (non-hydrogen) atoms. The minimum atomic E-state index is -1.10. The second-order valence-electron chi connectivity index (χ2n) is 10.7. The van der Waals surface area contributed by atoms with E-state index >= 15 is 0 Å². The minimum absolute atomic E-state index is 0.0872. The van der Waals surface area contributed by atoms with E-state index < -0.39 is 11.6 Å². The standard InChI is InChI=1S/C29H38FN3O3/c1-21(34)24-5-4-8-27(18-24)33(28(31)35)20-29(36,25-6-2-3-7-25)19-32-15-13-23(14-16-32)17-22-9-11-26(30)12-10-22/h4-5,8-12,18,23,25,36H,2-3,6-7,13-17,19-20H2,1H3,(H2,31,35). The number of urea groups is 1. The van der Waals surface area contributed by atoms with Crippen LogP contribution in [0.25, 0.3) is 0 Å². The molecule has 7 heteroatoms. The van der Waals surface area contributed by atoms with Gasteiger partial charge >= 0.3 is 6.03 Å². The summed E-state index contributed by atoms with van der Waals surface area (Å²) in [6.07, 6.45) is 6.96. The molecule has 0 aromatic heterocycles. The van der Waals surface area contributed by atoms with E-state index in [1.165, 1.54) is 24.0 Å². The highest BCUT2D eigenvalue weighted by Gasteiger charge is 2.42. The quantitative estimate of drug-likeness (QED) is 0.490. The van der Waals surface area contributed by atoms with Crippen LogP contribution in [0.3, 0.4) is 0 Å². The van der Waals surface area contributed by atoms with Gasteiger partial charge in [-0.25, -0.2) is 9.18 Å². The minimum Gasteiger partial charge on any atom is -0.386 e. The number of nitrogens with zero attached hydrogens (tertiary/aromatic N) is 2. The molecule has 0 spiro atoms. The molecule has 1 unspecified atom stereocenters. The number of β-amino-alcohol motifs (C(OH)–C–C–N with tert-alkyl or cyclic N) is 1. The third kappa shape index (κ3) is 6.51. The second-order valence-corrected chi connectivity index (χ2v) is 10.7. The van der Waals surface area contributed by atoms with Crippen LogP contribution in [0.5, 0.6) is 0 Å². The van der Waals surface area contributed by atoms with Crippen LogP contribution in [-0.2, 0) is 6.42 Å². The smallest absolute Gasteiger partial charge is 0.319 e. The van der Waals surface area contributed by atoms with E-state index in [-0.39, 0.29) is 24.1 Å². The van der Waals surface area contributed by atoms with Crippen molar-refractivity contribution in [1.29, 1.82) is 0 Å². The van der Waals surface area contributed by atoms with E-state index in [9.17, 15) is 19.1 Å². The Balaban J connectivity index is 1.45. The molecule has 3 N–H and O–H groups in total. The van der Waals surface area contributed by atoms with Gasteiger partial charge in [-0.1, -0.05) is 37.1 Å². The fraction of sp³-hybridized carbons (Fsp3) is 0.517. The third-order valence-corrected chi connectivity index (χ3v) is 8.02. The first-order valence-electron chi connectivity index (χ1n) is 13.1. The number of rotatable bonds is 9. The summed E-state index contributed by atoms with van der Waals surface area (Å²) < 4.78 is 13.2. The van der Waals surface area contributed by atoms with Crippen LogP contribution >= 0.6 is 0 Å². The van der Waals surface area contributed by atoms with Crippen molar-refractivity contribution in [1.82, 2.24) is 4.90 Å². The highest BCUT2D eigenvalue weighted by atomic mass is 19.1. The number of likely N-dealkylation sites (tertiary alicyclic amines) is 1. The zero-order valence-corrected chi connectivity index (χ0v) is 21.2. The number of benzene rings is 2. The Morgan fingerprint density at radius 3 is 2.36 bits per heavy atom. The van der Waals surface area contributed by atoms with Gasteiger partial charge in [0.25, 0.3) is 0 Å². The van der Waals surface area contributed by atoms with Gasteiger partial charge in [0.2, 0.25) is 0 Å². The van der Waals surface area contributed by atoms with Gasteiger partial charge in [0.05, 0.1) is 12.1 Å². The van der Waals surface area contributed by atoms with Crippen LogP contribution < -0.4 is 10.6 Å². The fourth-order valence-electron chi connectivity index (χ4n) is 5.92. The molecule has 1 aliphatic carbocycles. The Labute approximate surface area is 213 Å². The SMILES string of the molecule is CC(=O)c1cccc(N(CC(O)(CN2CCC(Cc3ccc(F)cc3)CC2)C2CCCC2)C(N)=O)c1. The van der Waals surface area contributed by atoms with Crippen molar-refractivity contribution < 1.29 is 19.1 Å². The highest BCUT2D eigenvalue weighted by Crippen LogP contribution is 2.37. The van der Waals surface area contributed by atoms with Gasteiger partial charge in [-0.3, -0.25) is 9.69 Å². The third-order valence-electron chi connectivity index (χ3n) is 8.02. The van der Waals surface area contributed by atoms with Crippen LogP contribution in [0.1, 0.15) is 61.4 Å². The van der Waals surface area contributed by atoms with Crippen LogP contribution in [0.15, 0.2) is 48.5 Å². The molecule has 6 nitrogen and oxygen atoms in total. The molecule has 194 valence electrons. The average molecular weight is 496 g/mol.